The van der Waals surface area contributed by atoms with Gasteiger partial charge in [-0.15, -0.1) is 0 Å². The van der Waals surface area contributed by atoms with Crippen molar-refractivity contribution in [3.63, 3.8) is 0 Å². The average molecular weight is 241 g/mol. The number of hydrogen-bond acceptors (Lipinski definition) is 2. The first kappa shape index (κ1) is 14.0. The maximum Gasteiger partial charge on any atom is 0.303 e. The van der Waals surface area contributed by atoms with E-state index in [1.165, 1.54) is 12.8 Å². The van der Waals surface area contributed by atoms with Crippen LogP contribution in [-0.4, -0.2) is 23.0 Å². The third kappa shape index (κ3) is 6.97. The van der Waals surface area contributed by atoms with Crippen molar-refractivity contribution in [1.29, 1.82) is 0 Å². The standard InChI is InChI=1S/C13H23NO3/c1-2-11(9-10-7-8-10)14-12(15)5-3-4-6-13(16)17/h10-11H,2-9H2,1H3,(H,14,15)(H,16,17). The molecular weight excluding hydrogens is 218 g/mol. The van der Waals surface area contributed by atoms with Crippen LogP contribution in [0.2, 0.25) is 0 Å². The molecule has 1 fully saturated rings. The van der Waals surface area contributed by atoms with E-state index in [2.05, 4.69) is 12.2 Å². The van der Waals surface area contributed by atoms with Gasteiger partial charge >= 0.3 is 5.97 Å². The molecule has 0 aromatic heterocycles. The molecule has 1 aliphatic rings. The zero-order chi connectivity index (χ0) is 12.7. The van der Waals surface area contributed by atoms with Crippen LogP contribution in [0.1, 0.15) is 58.3 Å². The first-order valence-electron chi connectivity index (χ1n) is 6.63. The highest BCUT2D eigenvalue weighted by Crippen LogP contribution is 2.34. The fourth-order valence-corrected chi connectivity index (χ4v) is 1.95. The van der Waals surface area contributed by atoms with Crippen LogP contribution in [0, 0.1) is 5.92 Å². The van der Waals surface area contributed by atoms with E-state index in [-0.39, 0.29) is 12.3 Å². The van der Waals surface area contributed by atoms with Crippen molar-refractivity contribution >= 4 is 11.9 Å². The van der Waals surface area contributed by atoms with Crippen molar-refractivity contribution in [3.05, 3.63) is 0 Å². The molecule has 17 heavy (non-hydrogen) atoms. The Hall–Kier alpha value is -1.06. The maximum atomic E-state index is 11.6. The van der Waals surface area contributed by atoms with Gasteiger partial charge in [0.1, 0.15) is 0 Å². The second-order valence-corrected chi connectivity index (χ2v) is 4.95. The second-order valence-electron chi connectivity index (χ2n) is 4.95. The number of unbranched alkanes of at least 4 members (excludes halogenated alkanes) is 1. The predicted molar refractivity (Wildman–Crippen MR) is 65.7 cm³/mol. The molecule has 0 aliphatic heterocycles. The Balaban J connectivity index is 2.07. The third-order valence-corrected chi connectivity index (χ3v) is 3.22. The minimum absolute atomic E-state index is 0.0721. The molecule has 0 saturated heterocycles. The number of carbonyl (C=O) groups excluding carboxylic acids is 1. The van der Waals surface area contributed by atoms with Gasteiger partial charge < -0.3 is 10.4 Å². The van der Waals surface area contributed by atoms with E-state index >= 15 is 0 Å². The first-order valence-corrected chi connectivity index (χ1v) is 6.63. The fraction of sp³-hybridized carbons (Fsp3) is 0.846. The predicted octanol–water partition coefficient (Wildman–Crippen LogP) is 2.33. The van der Waals surface area contributed by atoms with Crippen LogP contribution < -0.4 is 5.32 Å². The molecular formula is C13H23NO3. The molecule has 1 unspecified atom stereocenters. The highest BCUT2D eigenvalue weighted by atomic mass is 16.4. The van der Waals surface area contributed by atoms with Gasteiger partial charge in [-0.2, -0.15) is 0 Å². The quantitative estimate of drug-likeness (QED) is 0.609. The minimum atomic E-state index is -0.787. The number of aliphatic carboxylic acids is 1. The highest BCUT2D eigenvalue weighted by Gasteiger charge is 2.25. The summed E-state index contributed by atoms with van der Waals surface area (Å²) < 4.78 is 0. The van der Waals surface area contributed by atoms with Gasteiger partial charge in [-0.3, -0.25) is 9.59 Å². The molecule has 1 rings (SSSR count). The zero-order valence-corrected chi connectivity index (χ0v) is 10.6. The van der Waals surface area contributed by atoms with Gasteiger partial charge in [-0.1, -0.05) is 19.8 Å². The summed E-state index contributed by atoms with van der Waals surface area (Å²) in [6, 6.07) is 0.314. The number of nitrogens with one attached hydrogen (secondary N) is 1. The second kappa shape index (κ2) is 7.30. The molecule has 1 amide bonds. The minimum Gasteiger partial charge on any atom is -0.481 e. The topological polar surface area (TPSA) is 66.4 Å². The maximum absolute atomic E-state index is 11.6. The SMILES string of the molecule is CCC(CC1CC1)NC(=O)CCCCC(=O)O. The summed E-state index contributed by atoms with van der Waals surface area (Å²) in [6.07, 6.45) is 6.58. The van der Waals surface area contributed by atoms with E-state index in [0.29, 0.717) is 25.3 Å². The zero-order valence-electron chi connectivity index (χ0n) is 10.6. The molecule has 98 valence electrons. The van der Waals surface area contributed by atoms with E-state index in [0.717, 1.165) is 18.8 Å². The van der Waals surface area contributed by atoms with Crippen molar-refractivity contribution in [3.8, 4) is 0 Å². The molecule has 0 bridgehead atoms. The van der Waals surface area contributed by atoms with Gasteiger partial charge in [-0.05, 0) is 31.6 Å². The van der Waals surface area contributed by atoms with Crippen LogP contribution in [0.4, 0.5) is 0 Å². The van der Waals surface area contributed by atoms with Crippen molar-refractivity contribution in [2.45, 2.75) is 64.3 Å². The Morgan fingerprint density at radius 3 is 2.47 bits per heavy atom. The Labute approximate surface area is 103 Å². The molecule has 0 aromatic rings. The van der Waals surface area contributed by atoms with Crippen molar-refractivity contribution < 1.29 is 14.7 Å². The molecule has 0 heterocycles. The Morgan fingerprint density at radius 2 is 1.94 bits per heavy atom. The Kier molecular flexibility index (Phi) is 6.01. The Bertz CT molecular complexity index is 261. The molecule has 2 N–H and O–H groups in total. The summed E-state index contributed by atoms with van der Waals surface area (Å²) in [6.45, 7) is 2.09. The first-order chi connectivity index (χ1) is 8.11. The van der Waals surface area contributed by atoms with E-state index in [1.807, 2.05) is 0 Å². The number of carbonyl (C=O) groups is 2. The molecule has 0 radical (unpaired) electrons. The molecule has 1 atom stereocenters. The summed E-state index contributed by atoms with van der Waals surface area (Å²) in [7, 11) is 0. The van der Waals surface area contributed by atoms with E-state index in [4.69, 9.17) is 5.11 Å². The van der Waals surface area contributed by atoms with Gasteiger partial charge in [0, 0.05) is 18.9 Å². The molecule has 4 nitrogen and oxygen atoms in total. The number of amides is 1. The number of rotatable bonds is 9. The van der Waals surface area contributed by atoms with Crippen molar-refractivity contribution in [2.24, 2.45) is 5.92 Å². The molecule has 0 spiro atoms. The van der Waals surface area contributed by atoms with E-state index in [1.54, 1.807) is 0 Å². The number of hydrogen-bond donors (Lipinski definition) is 2. The average Bonchev–Trinajstić information content (AvgIpc) is 3.07. The van der Waals surface area contributed by atoms with E-state index < -0.39 is 5.97 Å². The van der Waals surface area contributed by atoms with E-state index in [9.17, 15) is 9.59 Å². The summed E-state index contributed by atoms with van der Waals surface area (Å²) in [4.78, 5) is 21.9. The summed E-state index contributed by atoms with van der Waals surface area (Å²) >= 11 is 0. The van der Waals surface area contributed by atoms with Crippen LogP contribution in [0.5, 0.6) is 0 Å². The highest BCUT2D eigenvalue weighted by molar-refractivity contribution is 5.76. The van der Waals surface area contributed by atoms with Gasteiger partial charge in [0.15, 0.2) is 0 Å². The van der Waals surface area contributed by atoms with Gasteiger partial charge in [0.2, 0.25) is 5.91 Å². The third-order valence-electron chi connectivity index (χ3n) is 3.22. The van der Waals surface area contributed by atoms with Crippen molar-refractivity contribution in [1.82, 2.24) is 5.32 Å². The normalized spacial score (nSPS) is 16.5. The number of carboxylic acids is 1. The fourth-order valence-electron chi connectivity index (χ4n) is 1.95. The monoisotopic (exact) mass is 241 g/mol. The summed E-state index contributed by atoms with van der Waals surface area (Å²) in [5.74, 6) is 0.112. The molecule has 0 aromatic carbocycles. The van der Waals surface area contributed by atoms with Crippen LogP contribution >= 0.6 is 0 Å². The lowest BCUT2D eigenvalue weighted by atomic mass is 10.1. The van der Waals surface area contributed by atoms with Crippen LogP contribution in [0.3, 0.4) is 0 Å². The molecule has 1 saturated carbocycles. The lowest BCUT2D eigenvalue weighted by Crippen LogP contribution is -2.34. The molecule has 4 heteroatoms. The van der Waals surface area contributed by atoms with Gasteiger partial charge in [0.25, 0.3) is 0 Å². The lowest BCUT2D eigenvalue weighted by molar-refractivity contribution is -0.137. The summed E-state index contributed by atoms with van der Waals surface area (Å²) in [5.41, 5.74) is 0. The Morgan fingerprint density at radius 1 is 1.29 bits per heavy atom. The number of carboxylic acid groups (broad SMARTS) is 1. The van der Waals surface area contributed by atoms with Crippen LogP contribution in [-0.2, 0) is 9.59 Å². The largest absolute Gasteiger partial charge is 0.481 e. The summed E-state index contributed by atoms with van der Waals surface area (Å²) in [5, 5.41) is 11.5. The van der Waals surface area contributed by atoms with Crippen LogP contribution in [0.25, 0.3) is 0 Å². The smallest absolute Gasteiger partial charge is 0.303 e. The van der Waals surface area contributed by atoms with Gasteiger partial charge in [-0.25, -0.2) is 0 Å². The van der Waals surface area contributed by atoms with Gasteiger partial charge in [0.05, 0.1) is 0 Å². The molecule has 1 aliphatic carbocycles. The van der Waals surface area contributed by atoms with Crippen LogP contribution in [0.15, 0.2) is 0 Å². The lowest BCUT2D eigenvalue weighted by Gasteiger charge is -2.16. The van der Waals surface area contributed by atoms with Crippen molar-refractivity contribution in [2.75, 3.05) is 0 Å².